The topological polar surface area (TPSA) is 57.6 Å². The lowest BCUT2D eigenvalue weighted by molar-refractivity contribution is -0.148. The first kappa shape index (κ1) is 13.2. The smallest absolute Gasteiger partial charge is 0.326 e. The summed E-state index contributed by atoms with van der Waals surface area (Å²) in [5, 5.41) is 9.14. The lowest BCUT2D eigenvalue weighted by Gasteiger charge is -2.23. The van der Waals surface area contributed by atoms with Crippen molar-refractivity contribution in [3.05, 3.63) is 35.4 Å². The molecule has 4 heteroatoms. The average Bonchev–Trinajstić information content (AvgIpc) is 3.04. The third kappa shape index (κ3) is 2.42. The molecule has 1 aliphatic carbocycles. The Balaban J connectivity index is 1.62. The molecule has 1 saturated heterocycles. The van der Waals surface area contributed by atoms with Crippen molar-refractivity contribution < 1.29 is 14.7 Å². The minimum atomic E-state index is -0.870. The van der Waals surface area contributed by atoms with Gasteiger partial charge in [0.15, 0.2) is 0 Å². The monoisotopic (exact) mass is 273 g/mol. The molecule has 1 N–H and O–H groups in total. The van der Waals surface area contributed by atoms with Crippen molar-refractivity contribution in [2.75, 3.05) is 6.54 Å². The van der Waals surface area contributed by atoms with Crippen molar-refractivity contribution in [2.45, 2.75) is 38.1 Å². The molecule has 20 heavy (non-hydrogen) atoms. The van der Waals surface area contributed by atoms with Crippen LogP contribution in [0.3, 0.4) is 0 Å². The van der Waals surface area contributed by atoms with Gasteiger partial charge in [-0.15, -0.1) is 0 Å². The van der Waals surface area contributed by atoms with Crippen molar-refractivity contribution in [2.24, 2.45) is 5.92 Å². The van der Waals surface area contributed by atoms with E-state index in [9.17, 15) is 9.59 Å². The number of fused-ring (bicyclic) bond motifs is 1. The average molecular weight is 273 g/mol. The maximum atomic E-state index is 12.3. The number of nitrogens with zero attached hydrogens (tertiary/aromatic N) is 1. The summed E-state index contributed by atoms with van der Waals surface area (Å²) >= 11 is 0. The van der Waals surface area contributed by atoms with Gasteiger partial charge in [0, 0.05) is 13.0 Å². The zero-order chi connectivity index (χ0) is 14.1. The van der Waals surface area contributed by atoms with Crippen molar-refractivity contribution in [1.82, 2.24) is 4.90 Å². The summed E-state index contributed by atoms with van der Waals surface area (Å²) in [4.78, 5) is 25.0. The number of likely N-dealkylation sites (tertiary alicyclic amines) is 1. The van der Waals surface area contributed by atoms with Gasteiger partial charge in [-0.1, -0.05) is 24.3 Å². The molecule has 1 aromatic carbocycles. The van der Waals surface area contributed by atoms with E-state index in [-0.39, 0.29) is 5.91 Å². The van der Waals surface area contributed by atoms with Crippen LogP contribution in [0.5, 0.6) is 0 Å². The Bertz CT molecular complexity index is 515. The van der Waals surface area contributed by atoms with Gasteiger partial charge in [0.2, 0.25) is 5.91 Å². The lowest BCUT2D eigenvalue weighted by atomic mass is 10.0. The highest BCUT2D eigenvalue weighted by Crippen LogP contribution is 2.30. The summed E-state index contributed by atoms with van der Waals surface area (Å²) in [6, 6.07) is 7.70. The van der Waals surface area contributed by atoms with Crippen LogP contribution < -0.4 is 0 Å². The van der Waals surface area contributed by atoms with E-state index in [1.54, 1.807) is 4.90 Å². The van der Waals surface area contributed by atoms with Crippen LogP contribution in [0.25, 0.3) is 0 Å². The Hall–Kier alpha value is -1.84. The van der Waals surface area contributed by atoms with E-state index in [0.717, 1.165) is 19.3 Å². The van der Waals surface area contributed by atoms with Gasteiger partial charge < -0.3 is 10.0 Å². The maximum absolute atomic E-state index is 12.3. The summed E-state index contributed by atoms with van der Waals surface area (Å²) < 4.78 is 0. The van der Waals surface area contributed by atoms with Crippen LogP contribution in [0, 0.1) is 5.92 Å². The molecule has 0 radical (unpaired) electrons. The van der Waals surface area contributed by atoms with Crippen LogP contribution in [0.2, 0.25) is 0 Å². The number of rotatable bonds is 3. The molecule has 1 aliphatic heterocycles. The summed E-state index contributed by atoms with van der Waals surface area (Å²) in [5.74, 6) is -0.534. The van der Waals surface area contributed by atoms with Gasteiger partial charge in [0.1, 0.15) is 6.04 Å². The second-order valence-corrected chi connectivity index (χ2v) is 5.83. The van der Waals surface area contributed by atoms with Gasteiger partial charge in [-0.25, -0.2) is 4.79 Å². The lowest BCUT2D eigenvalue weighted by Crippen LogP contribution is -2.41. The van der Waals surface area contributed by atoms with Crippen LogP contribution in [0.1, 0.15) is 30.4 Å². The van der Waals surface area contributed by atoms with Crippen molar-refractivity contribution >= 4 is 11.9 Å². The van der Waals surface area contributed by atoms with Crippen molar-refractivity contribution in [3.8, 4) is 0 Å². The zero-order valence-corrected chi connectivity index (χ0v) is 11.4. The number of carboxylic acid groups (broad SMARTS) is 1. The van der Waals surface area contributed by atoms with Crippen molar-refractivity contribution in [1.29, 1.82) is 0 Å². The third-order valence-electron chi connectivity index (χ3n) is 4.46. The zero-order valence-electron chi connectivity index (χ0n) is 11.4. The number of aliphatic carboxylic acids is 1. The Morgan fingerprint density at radius 2 is 1.85 bits per heavy atom. The number of amides is 1. The predicted octanol–water partition coefficient (Wildman–Crippen LogP) is 1.87. The van der Waals surface area contributed by atoms with E-state index in [2.05, 4.69) is 12.1 Å². The van der Waals surface area contributed by atoms with Crippen LogP contribution in [0.15, 0.2) is 24.3 Å². The standard InChI is InChI=1S/C16H19NO3/c18-15(17-7-3-6-14(17)16(19)20)10-11-8-12-4-1-2-5-13(12)9-11/h1-2,4-5,11,14H,3,6-10H2,(H,19,20)/t14-/m0/s1. The molecule has 2 aliphatic rings. The van der Waals surface area contributed by atoms with Crippen LogP contribution >= 0.6 is 0 Å². The SMILES string of the molecule is O=C(O)[C@@H]1CCCN1C(=O)CC1Cc2ccccc2C1. The van der Waals surface area contributed by atoms with Gasteiger partial charge in [-0.2, -0.15) is 0 Å². The summed E-state index contributed by atoms with van der Waals surface area (Å²) in [5.41, 5.74) is 2.67. The maximum Gasteiger partial charge on any atom is 0.326 e. The molecule has 106 valence electrons. The summed E-state index contributed by atoms with van der Waals surface area (Å²) in [6.45, 7) is 0.593. The third-order valence-corrected chi connectivity index (χ3v) is 4.46. The van der Waals surface area contributed by atoms with Gasteiger partial charge in [-0.05, 0) is 42.7 Å². The molecule has 1 fully saturated rings. The Morgan fingerprint density at radius 1 is 1.20 bits per heavy atom. The second-order valence-electron chi connectivity index (χ2n) is 5.83. The molecule has 0 aromatic heterocycles. The van der Waals surface area contributed by atoms with E-state index in [1.807, 2.05) is 12.1 Å². The number of hydrogen-bond donors (Lipinski definition) is 1. The predicted molar refractivity (Wildman–Crippen MR) is 74.3 cm³/mol. The fraction of sp³-hybridized carbons (Fsp3) is 0.500. The highest BCUT2D eigenvalue weighted by Gasteiger charge is 2.35. The Labute approximate surface area is 118 Å². The summed E-state index contributed by atoms with van der Waals surface area (Å²) in [6.07, 6.45) is 3.74. The van der Waals surface area contributed by atoms with Crippen LogP contribution in [-0.2, 0) is 22.4 Å². The molecule has 3 rings (SSSR count). The molecule has 0 bridgehead atoms. The highest BCUT2D eigenvalue weighted by atomic mass is 16.4. The highest BCUT2D eigenvalue weighted by molar-refractivity contribution is 5.84. The van der Waals surface area contributed by atoms with E-state index in [4.69, 9.17) is 5.11 Å². The van der Waals surface area contributed by atoms with E-state index in [0.29, 0.717) is 25.3 Å². The van der Waals surface area contributed by atoms with Gasteiger partial charge >= 0.3 is 5.97 Å². The number of carbonyl (C=O) groups excluding carboxylic acids is 1. The number of benzene rings is 1. The molecule has 0 unspecified atom stereocenters. The second kappa shape index (κ2) is 5.27. The molecular formula is C16H19NO3. The largest absolute Gasteiger partial charge is 0.480 e. The molecule has 1 atom stereocenters. The Kier molecular flexibility index (Phi) is 3.47. The first-order chi connectivity index (χ1) is 9.65. The molecule has 4 nitrogen and oxygen atoms in total. The molecule has 1 amide bonds. The molecular weight excluding hydrogens is 254 g/mol. The Morgan fingerprint density at radius 3 is 2.45 bits per heavy atom. The van der Waals surface area contributed by atoms with Crippen LogP contribution in [-0.4, -0.2) is 34.5 Å². The number of hydrogen-bond acceptors (Lipinski definition) is 2. The minimum Gasteiger partial charge on any atom is -0.480 e. The minimum absolute atomic E-state index is 0.00714. The van der Waals surface area contributed by atoms with Gasteiger partial charge in [0.25, 0.3) is 0 Å². The first-order valence-electron chi connectivity index (χ1n) is 7.24. The van der Waals surface area contributed by atoms with E-state index < -0.39 is 12.0 Å². The number of carboxylic acids is 1. The summed E-state index contributed by atoms with van der Waals surface area (Å²) in [7, 11) is 0. The van der Waals surface area contributed by atoms with Crippen LogP contribution in [0.4, 0.5) is 0 Å². The van der Waals surface area contributed by atoms with E-state index >= 15 is 0 Å². The number of carbonyl (C=O) groups is 2. The van der Waals surface area contributed by atoms with Gasteiger partial charge in [-0.3, -0.25) is 4.79 Å². The van der Waals surface area contributed by atoms with Crippen molar-refractivity contribution in [3.63, 3.8) is 0 Å². The van der Waals surface area contributed by atoms with E-state index in [1.165, 1.54) is 11.1 Å². The normalized spacial score (nSPS) is 22.0. The first-order valence-corrected chi connectivity index (χ1v) is 7.24. The molecule has 1 aromatic rings. The molecule has 1 heterocycles. The molecule has 0 spiro atoms. The fourth-order valence-corrected chi connectivity index (χ4v) is 3.48. The molecule has 0 saturated carbocycles. The quantitative estimate of drug-likeness (QED) is 0.914. The fourth-order valence-electron chi connectivity index (χ4n) is 3.48. The van der Waals surface area contributed by atoms with Gasteiger partial charge in [0.05, 0.1) is 0 Å².